The molecular formula is C21H19N3O. The number of pyridine rings is 1. The first kappa shape index (κ1) is 15.4. The summed E-state index contributed by atoms with van der Waals surface area (Å²) in [6.45, 7) is 0.436. The zero-order chi connectivity index (χ0) is 16.9. The molecule has 0 atom stereocenters. The molecule has 4 rings (SSSR count). The number of ether oxygens (including phenoxy) is 1. The number of nitrogens with one attached hydrogen (secondary N) is 1. The van der Waals surface area contributed by atoms with Gasteiger partial charge in [0.05, 0.1) is 11.3 Å². The van der Waals surface area contributed by atoms with Gasteiger partial charge >= 0.3 is 0 Å². The Balaban J connectivity index is 1.48. The molecule has 0 fully saturated rings. The molecule has 25 heavy (non-hydrogen) atoms. The molecule has 1 aliphatic carbocycles. The van der Waals surface area contributed by atoms with Crippen LogP contribution in [-0.2, 0) is 11.3 Å². The van der Waals surface area contributed by atoms with Crippen LogP contribution >= 0.6 is 0 Å². The molecule has 3 aromatic rings. The Morgan fingerprint density at radius 3 is 2.84 bits per heavy atom. The van der Waals surface area contributed by atoms with Crippen molar-refractivity contribution in [2.45, 2.75) is 19.4 Å². The van der Waals surface area contributed by atoms with E-state index in [-0.39, 0.29) is 0 Å². The van der Waals surface area contributed by atoms with Gasteiger partial charge in [0.25, 0.3) is 0 Å². The molecule has 1 aliphatic rings. The molecule has 0 saturated carbocycles. The predicted molar refractivity (Wildman–Crippen MR) is 101 cm³/mol. The lowest BCUT2D eigenvalue weighted by atomic mass is 10.1. The summed E-state index contributed by atoms with van der Waals surface area (Å²) in [5, 5.41) is 0. The monoisotopic (exact) mass is 329 g/mol. The number of aromatic nitrogens is 3. The third-order valence-electron chi connectivity index (χ3n) is 4.05. The number of aromatic amines is 1. The summed E-state index contributed by atoms with van der Waals surface area (Å²) >= 11 is 0. The lowest BCUT2D eigenvalue weighted by Crippen LogP contribution is -1.97. The summed E-state index contributed by atoms with van der Waals surface area (Å²) in [5.41, 5.74) is 3.84. The summed E-state index contributed by atoms with van der Waals surface area (Å²) in [7, 11) is 0. The molecule has 0 radical (unpaired) electrons. The van der Waals surface area contributed by atoms with E-state index in [0.717, 1.165) is 41.1 Å². The van der Waals surface area contributed by atoms with Crippen molar-refractivity contribution >= 4 is 23.3 Å². The number of fused-ring (bicyclic) bond motifs is 1. The van der Waals surface area contributed by atoms with Gasteiger partial charge < -0.3 is 9.72 Å². The first-order chi connectivity index (χ1) is 12.4. The van der Waals surface area contributed by atoms with Crippen LogP contribution < -0.4 is 0 Å². The second kappa shape index (κ2) is 7.18. The van der Waals surface area contributed by atoms with E-state index in [0.29, 0.717) is 12.3 Å². The van der Waals surface area contributed by atoms with Gasteiger partial charge in [-0.15, -0.1) is 0 Å². The summed E-state index contributed by atoms with van der Waals surface area (Å²) in [6.07, 6.45) is 14.1. The Morgan fingerprint density at radius 2 is 2.00 bits per heavy atom. The van der Waals surface area contributed by atoms with Crippen LogP contribution in [0, 0.1) is 0 Å². The number of imidazole rings is 1. The van der Waals surface area contributed by atoms with Gasteiger partial charge in [-0.3, -0.25) is 0 Å². The standard InChI is InChI=1S/C21H19N3O/c1-3-7-16(8-4-1)11-12-17-13-19-21(22-14-17)24-20(23-19)15-25-18-9-5-2-6-10-18/h1-5,7-9,11-14H,6,10,15H2,(H,22,23,24)/b12-11+. The minimum absolute atomic E-state index is 0.436. The maximum atomic E-state index is 5.81. The van der Waals surface area contributed by atoms with Gasteiger partial charge in [0, 0.05) is 12.6 Å². The Labute approximate surface area is 146 Å². The van der Waals surface area contributed by atoms with Gasteiger partial charge in [0.2, 0.25) is 0 Å². The van der Waals surface area contributed by atoms with Crippen LogP contribution in [0.1, 0.15) is 29.8 Å². The minimum Gasteiger partial charge on any atom is -0.490 e. The summed E-state index contributed by atoms with van der Waals surface area (Å²) < 4.78 is 5.81. The summed E-state index contributed by atoms with van der Waals surface area (Å²) in [6, 6.07) is 12.3. The van der Waals surface area contributed by atoms with Crippen molar-refractivity contribution in [1.29, 1.82) is 0 Å². The van der Waals surface area contributed by atoms with Crippen molar-refractivity contribution < 1.29 is 4.74 Å². The van der Waals surface area contributed by atoms with E-state index in [9.17, 15) is 0 Å². The highest BCUT2D eigenvalue weighted by Gasteiger charge is 2.07. The average Bonchev–Trinajstić information content (AvgIpc) is 3.08. The molecule has 2 aromatic heterocycles. The molecule has 1 aromatic carbocycles. The maximum absolute atomic E-state index is 5.81. The van der Waals surface area contributed by atoms with Gasteiger partial charge in [-0.25, -0.2) is 9.97 Å². The van der Waals surface area contributed by atoms with Gasteiger partial charge in [-0.2, -0.15) is 0 Å². The number of benzene rings is 1. The van der Waals surface area contributed by atoms with Gasteiger partial charge in [-0.05, 0) is 29.7 Å². The maximum Gasteiger partial charge on any atom is 0.177 e. The topological polar surface area (TPSA) is 50.8 Å². The molecule has 0 saturated heterocycles. The van der Waals surface area contributed by atoms with Crippen LogP contribution in [0.3, 0.4) is 0 Å². The Hall–Kier alpha value is -3.14. The van der Waals surface area contributed by atoms with E-state index in [1.165, 1.54) is 0 Å². The molecule has 0 bridgehead atoms. The SMILES string of the molecule is C1=CCCC(OCc2nc3ncc(/C=C/c4ccccc4)cc3[nH]2)=C1. The normalized spacial score (nSPS) is 14.2. The van der Waals surface area contributed by atoms with Crippen LogP contribution in [0.2, 0.25) is 0 Å². The molecule has 0 aliphatic heterocycles. The molecule has 4 heteroatoms. The largest absolute Gasteiger partial charge is 0.490 e. The molecule has 0 amide bonds. The van der Waals surface area contributed by atoms with E-state index >= 15 is 0 Å². The Morgan fingerprint density at radius 1 is 1.12 bits per heavy atom. The van der Waals surface area contributed by atoms with Crippen molar-refractivity contribution in [3.05, 3.63) is 83.5 Å². The average molecular weight is 329 g/mol. The van der Waals surface area contributed by atoms with E-state index in [1.54, 1.807) is 0 Å². The molecule has 4 nitrogen and oxygen atoms in total. The lowest BCUT2D eigenvalue weighted by Gasteiger charge is -2.09. The number of H-pyrrole nitrogens is 1. The van der Waals surface area contributed by atoms with Crippen LogP contribution in [0.5, 0.6) is 0 Å². The fourth-order valence-electron chi connectivity index (χ4n) is 2.74. The first-order valence-electron chi connectivity index (χ1n) is 8.43. The quantitative estimate of drug-likeness (QED) is 0.726. The number of hydrogen-bond acceptors (Lipinski definition) is 3. The number of rotatable bonds is 5. The lowest BCUT2D eigenvalue weighted by molar-refractivity contribution is 0.182. The van der Waals surface area contributed by atoms with Gasteiger partial charge in [0.1, 0.15) is 12.4 Å². The van der Waals surface area contributed by atoms with Gasteiger partial charge in [-0.1, -0.05) is 54.6 Å². The van der Waals surface area contributed by atoms with Crippen molar-refractivity contribution in [3.63, 3.8) is 0 Å². The zero-order valence-corrected chi connectivity index (χ0v) is 13.9. The second-order valence-electron chi connectivity index (χ2n) is 5.96. The summed E-state index contributed by atoms with van der Waals surface area (Å²) in [4.78, 5) is 12.2. The predicted octanol–water partition coefficient (Wildman–Crippen LogP) is 4.88. The fraction of sp³-hybridized carbons (Fsp3) is 0.143. The van der Waals surface area contributed by atoms with Crippen LogP contribution in [-0.4, -0.2) is 15.0 Å². The molecule has 0 spiro atoms. The highest BCUT2D eigenvalue weighted by atomic mass is 16.5. The Bertz CT molecular complexity index is 952. The van der Waals surface area contributed by atoms with Gasteiger partial charge in [0.15, 0.2) is 5.65 Å². The van der Waals surface area contributed by atoms with E-state index in [4.69, 9.17) is 4.74 Å². The Kier molecular flexibility index (Phi) is 4.42. The van der Waals surface area contributed by atoms with E-state index < -0.39 is 0 Å². The van der Waals surface area contributed by atoms with Crippen molar-refractivity contribution in [2.75, 3.05) is 0 Å². The molecule has 124 valence electrons. The van der Waals surface area contributed by atoms with Crippen molar-refractivity contribution in [1.82, 2.24) is 15.0 Å². The van der Waals surface area contributed by atoms with E-state index in [2.05, 4.69) is 51.4 Å². The van der Waals surface area contributed by atoms with Crippen LogP contribution in [0.4, 0.5) is 0 Å². The number of allylic oxidation sites excluding steroid dienone is 4. The molecule has 0 unspecified atom stereocenters. The molecule has 1 N–H and O–H groups in total. The number of nitrogens with zero attached hydrogens (tertiary/aromatic N) is 2. The van der Waals surface area contributed by atoms with Crippen molar-refractivity contribution in [3.8, 4) is 0 Å². The molecular weight excluding hydrogens is 310 g/mol. The first-order valence-corrected chi connectivity index (χ1v) is 8.43. The van der Waals surface area contributed by atoms with Crippen LogP contribution in [0.15, 0.2) is 66.6 Å². The third kappa shape index (κ3) is 3.86. The molecule has 2 heterocycles. The minimum atomic E-state index is 0.436. The zero-order valence-electron chi connectivity index (χ0n) is 13.9. The fourth-order valence-corrected chi connectivity index (χ4v) is 2.74. The summed E-state index contributed by atoms with van der Waals surface area (Å²) in [5.74, 6) is 1.80. The highest BCUT2D eigenvalue weighted by Crippen LogP contribution is 2.17. The third-order valence-corrected chi connectivity index (χ3v) is 4.05. The van der Waals surface area contributed by atoms with Crippen LogP contribution in [0.25, 0.3) is 23.3 Å². The highest BCUT2D eigenvalue weighted by molar-refractivity contribution is 5.77. The number of hydrogen-bond donors (Lipinski definition) is 1. The second-order valence-corrected chi connectivity index (χ2v) is 5.96. The van der Waals surface area contributed by atoms with Crippen molar-refractivity contribution in [2.24, 2.45) is 0 Å². The van der Waals surface area contributed by atoms with E-state index in [1.807, 2.05) is 36.5 Å². The smallest absolute Gasteiger partial charge is 0.177 e.